The smallest absolute Gasteiger partial charge is 0.246 e. The van der Waals surface area contributed by atoms with Crippen LogP contribution in [0.25, 0.3) is 23.0 Å². The molecule has 0 spiro atoms. The summed E-state index contributed by atoms with van der Waals surface area (Å²) in [6.45, 7) is 1.70. The highest BCUT2D eigenvalue weighted by Crippen LogP contribution is 2.27. The molecule has 1 amide bonds. The molecule has 5 heteroatoms. The first kappa shape index (κ1) is 18.7. The summed E-state index contributed by atoms with van der Waals surface area (Å²) in [6.07, 6.45) is 8.94. The lowest BCUT2D eigenvalue weighted by Gasteiger charge is -2.25. The molecule has 4 nitrogen and oxygen atoms in total. The number of rotatable bonds is 4. The van der Waals surface area contributed by atoms with Gasteiger partial charge in [0.05, 0.1) is 11.4 Å². The van der Waals surface area contributed by atoms with Gasteiger partial charge >= 0.3 is 0 Å². The molecule has 28 heavy (non-hydrogen) atoms. The second-order valence-corrected chi connectivity index (χ2v) is 7.86. The Bertz CT molecular complexity index is 988. The van der Waals surface area contributed by atoms with Crippen LogP contribution in [0.5, 0.6) is 0 Å². The molecule has 0 N–H and O–H groups in total. The van der Waals surface area contributed by atoms with Crippen LogP contribution in [0.2, 0.25) is 0 Å². The van der Waals surface area contributed by atoms with Gasteiger partial charge in [0.1, 0.15) is 0 Å². The number of carbonyl (C=O) groups is 1. The van der Waals surface area contributed by atoms with Gasteiger partial charge in [0.2, 0.25) is 5.91 Å². The van der Waals surface area contributed by atoms with Crippen molar-refractivity contribution in [1.82, 2.24) is 14.7 Å². The third-order valence-corrected chi connectivity index (χ3v) is 5.43. The van der Waals surface area contributed by atoms with Crippen LogP contribution in [0.15, 0.2) is 71.3 Å². The zero-order valence-electron chi connectivity index (χ0n) is 15.6. The summed E-state index contributed by atoms with van der Waals surface area (Å²) in [5, 5.41) is 4.80. The Hall–Kier alpha value is -2.66. The predicted molar refractivity (Wildman–Crippen MR) is 116 cm³/mol. The molecule has 0 unspecified atom stereocenters. The fourth-order valence-electron chi connectivity index (χ4n) is 3.46. The molecule has 2 heterocycles. The fraction of sp³-hybridized carbons (Fsp3) is 0.217. The van der Waals surface area contributed by atoms with E-state index in [1.807, 2.05) is 76.5 Å². The van der Waals surface area contributed by atoms with Crippen molar-refractivity contribution in [2.24, 2.45) is 0 Å². The summed E-state index contributed by atoms with van der Waals surface area (Å²) in [7, 11) is 0. The summed E-state index contributed by atoms with van der Waals surface area (Å²) in [6, 6.07) is 18.1. The third-order valence-electron chi connectivity index (χ3n) is 4.93. The largest absolute Gasteiger partial charge is 0.339 e. The maximum absolute atomic E-state index is 12.6. The molecule has 0 radical (unpaired) electrons. The number of amides is 1. The quantitative estimate of drug-likeness (QED) is 0.519. The molecule has 1 aromatic heterocycles. The number of nitrogens with zero attached hydrogens (tertiary/aromatic N) is 3. The van der Waals surface area contributed by atoms with Gasteiger partial charge < -0.3 is 4.90 Å². The summed E-state index contributed by atoms with van der Waals surface area (Å²) in [5.41, 5.74) is 3.77. The fourth-order valence-corrected chi connectivity index (χ4v) is 3.86. The number of hydrogen-bond acceptors (Lipinski definition) is 2. The normalized spacial score (nSPS) is 14.5. The first-order chi connectivity index (χ1) is 13.7. The Kier molecular flexibility index (Phi) is 5.72. The van der Waals surface area contributed by atoms with Crippen molar-refractivity contribution in [2.45, 2.75) is 19.3 Å². The third kappa shape index (κ3) is 4.25. The van der Waals surface area contributed by atoms with Gasteiger partial charge in [-0.05, 0) is 49.6 Å². The van der Waals surface area contributed by atoms with Crippen molar-refractivity contribution in [2.75, 3.05) is 13.1 Å². The van der Waals surface area contributed by atoms with Crippen molar-refractivity contribution in [3.05, 3.63) is 76.9 Å². The van der Waals surface area contributed by atoms with E-state index in [-0.39, 0.29) is 5.91 Å². The molecule has 3 aromatic rings. The van der Waals surface area contributed by atoms with Gasteiger partial charge in [0.25, 0.3) is 0 Å². The number of hydrogen-bond donors (Lipinski definition) is 0. The second kappa shape index (κ2) is 8.57. The minimum Gasteiger partial charge on any atom is -0.339 e. The Morgan fingerprint density at radius 1 is 1.00 bits per heavy atom. The van der Waals surface area contributed by atoms with Gasteiger partial charge in [-0.25, -0.2) is 4.68 Å². The van der Waals surface area contributed by atoms with E-state index in [0.717, 1.165) is 52.9 Å². The molecule has 0 saturated carbocycles. The van der Waals surface area contributed by atoms with E-state index < -0.39 is 0 Å². The number of para-hydroxylation sites is 1. The lowest BCUT2D eigenvalue weighted by Crippen LogP contribution is -2.34. The molecule has 0 atom stereocenters. The number of carbonyl (C=O) groups excluding carboxylic acids is 1. The molecule has 1 aliphatic heterocycles. The molecule has 4 rings (SSSR count). The zero-order valence-corrected chi connectivity index (χ0v) is 17.2. The maximum atomic E-state index is 12.6. The van der Waals surface area contributed by atoms with E-state index >= 15 is 0 Å². The number of piperidine rings is 1. The van der Waals surface area contributed by atoms with Gasteiger partial charge in [0.15, 0.2) is 0 Å². The summed E-state index contributed by atoms with van der Waals surface area (Å²) in [5.74, 6) is 0.0763. The van der Waals surface area contributed by atoms with Crippen LogP contribution in [0.4, 0.5) is 0 Å². The lowest BCUT2D eigenvalue weighted by atomic mass is 10.1. The Morgan fingerprint density at radius 3 is 2.54 bits per heavy atom. The van der Waals surface area contributed by atoms with Crippen molar-refractivity contribution < 1.29 is 4.79 Å². The molecule has 1 fully saturated rings. The van der Waals surface area contributed by atoms with Crippen LogP contribution in [0, 0.1) is 0 Å². The van der Waals surface area contributed by atoms with Crippen LogP contribution in [0.3, 0.4) is 0 Å². The average molecular weight is 436 g/mol. The maximum Gasteiger partial charge on any atom is 0.246 e. The van der Waals surface area contributed by atoms with Crippen LogP contribution in [-0.2, 0) is 4.79 Å². The highest BCUT2D eigenvalue weighted by molar-refractivity contribution is 9.10. The van der Waals surface area contributed by atoms with Crippen LogP contribution >= 0.6 is 15.9 Å². The second-order valence-electron chi connectivity index (χ2n) is 6.94. The van der Waals surface area contributed by atoms with Gasteiger partial charge in [-0.15, -0.1) is 0 Å². The minimum atomic E-state index is 0.0763. The molecule has 1 aliphatic rings. The van der Waals surface area contributed by atoms with Crippen molar-refractivity contribution in [1.29, 1.82) is 0 Å². The zero-order chi connectivity index (χ0) is 19.3. The SMILES string of the molecule is O=C(/C=C\c1cn(-c2ccccc2)nc1-c1cccc(Br)c1)N1CCCCC1. The molecule has 0 aliphatic carbocycles. The molecular weight excluding hydrogens is 414 g/mol. The van der Waals surface area contributed by atoms with Crippen molar-refractivity contribution in [3.63, 3.8) is 0 Å². The number of likely N-dealkylation sites (tertiary alicyclic amines) is 1. The molecule has 1 saturated heterocycles. The topological polar surface area (TPSA) is 38.1 Å². The van der Waals surface area contributed by atoms with Crippen LogP contribution < -0.4 is 0 Å². The Labute approximate surface area is 173 Å². The number of benzene rings is 2. The monoisotopic (exact) mass is 435 g/mol. The van der Waals surface area contributed by atoms with Gasteiger partial charge in [-0.3, -0.25) is 4.79 Å². The van der Waals surface area contributed by atoms with Gasteiger partial charge in [-0.2, -0.15) is 5.10 Å². The van der Waals surface area contributed by atoms with E-state index in [9.17, 15) is 4.79 Å². The summed E-state index contributed by atoms with van der Waals surface area (Å²) < 4.78 is 2.86. The highest BCUT2D eigenvalue weighted by atomic mass is 79.9. The molecular formula is C23H22BrN3O. The average Bonchev–Trinajstić information content (AvgIpc) is 3.18. The predicted octanol–water partition coefficient (Wildman–Crippen LogP) is 5.33. The molecule has 142 valence electrons. The number of halogens is 1. The van der Waals surface area contributed by atoms with E-state index in [0.29, 0.717) is 0 Å². The number of aromatic nitrogens is 2. The van der Waals surface area contributed by atoms with Crippen molar-refractivity contribution >= 4 is 27.9 Å². The first-order valence-corrected chi connectivity index (χ1v) is 10.4. The van der Waals surface area contributed by atoms with Gasteiger partial charge in [-0.1, -0.05) is 46.3 Å². The standard InChI is InChI=1S/C23H22BrN3O/c24-20-9-7-8-18(16-20)23-19(12-13-22(28)26-14-5-2-6-15-26)17-27(25-23)21-10-3-1-4-11-21/h1,3-4,7-13,16-17H,2,5-6,14-15H2/b13-12-. The summed E-state index contributed by atoms with van der Waals surface area (Å²) >= 11 is 3.54. The van der Waals surface area contributed by atoms with E-state index in [1.54, 1.807) is 6.08 Å². The van der Waals surface area contributed by atoms with E-state index in [2.05, 4.69) is 15.9 Å². The van der Waals surface area contributed by atoms with Crippen LogP contribution in [-0.4, -0.2) is 33.7 Å². The molecule has 2 aromatic carbocycles. The van der Waals surface area contributed by atoms with Crippen molar-refractivity contribution in [3.8, 4) is 16.9 Å². The summed E-state index contributed by atoms with van der Waals surface area (Å²) in [4.78, 5) is 14.5. The van der Waals surface area contributed by atoms with E-state index in [4.69, 9.17) is 5.10 Å². The molecule has 0 bridgehead atoms. The highest BCUT2D eigenvalue weighted by Gasteiger charge is 2.15. The Morgan fingerprint density at radius 2 is 1.79 bits per heavy atom. The van der Waals surface area contributed by atoms with E-state index in [1.165, 1.54) is 6.42 Å². The minimum absolute atomic E-state index is 0.0763. The lowest BCUT2D eigenvalue weighted by molar-refractivity contribution is -0.126. The first-order valence-electron chi connectivity index (χ1n) is 9.59. The Balaban J connectivity index is 1.69. The van der Waals surface area contributed by atoms with Crippen LogP contribution in [0.1, 0.15) is 24.8 Å². The van der Waals surface area contributed by atoms with Gasteiger partial charge in [0, 0.05) is 41.0 Å².